The number of urea groups is 1. The van der Waals surface area contributed by atoms with Crippen LogP contribution in [0.5, 0.6) is 0 Å². The molecule has 0 bridgehead atoms. The van der Waals surface area contributed by atoms with Crippen LogP contribution in [0, 0.1) is 6.92 Å². The SMILES string of the molecule is Cc1ccc(S(=O)(=O)/N=C2\N(C3CCCCC3)C(=O)NC23CCCCC3)cc1. The predicted octanol–water partition coefficient (Wildman–Crippen LogP) is 4.14. The Morgan fingerprint density at radius 2 is 1.61 bits per heavy atom. The summed E-state index contributed by atoms with van der Waals surface area (Å²) in [5.41, 5.74) is 0.363. The fourth-order valence-corrected chi connectivity index (χ4v) is 5.91. The molecule has 1 aliphatic heterocycles. The van der Waals surface area contributed by atoms with Crippen LogP contribution >= 0.6 is 0 Å². The second-order valence-electron chi connectivity index (χ2n) is 8.44. The summed E-state index contributed by atoms with van der Waals surface area (Å²) >= 11 is 0. The van der Waals surface area contributed by atoms with Crippen molar-refractivity contribution in [3.63, 3.8) is 0 Å². The lowest BCUT2D eigenvalue weighted by Crippen LogP contribution is -2.50. The number of rotatable bonds is 3. The van der Waals surface area contributed by atoms with Crippen LogP contribution in [0.1, 0.15) is 69.8 Å². The summed E-state index contributed by atoms with van der Waals surface area (Å²) in [7, 11) is -3.88. The van der Waals surface area contributed by atoms with E-state index in [9.17, 15) is 13.2 Å². The fraction of sp³-hybridized carbons (Fsp3) is 0.619. The first kappa shape index (κ1) is 19.4. The van der Waals surface area contributed by atoms with Gasteiger partial charge in [-0.05, 0) is 44.7 Å². The van der Waals surface area contributed by atoms with Crippen LogP contribution < -0.4 is 5.32 Å². The Balaban J connectivity index is 1.77. The average molecular weight is 404 g/mol. The Kier molecular flexibility index (Phi) is 5.21. The smallest absolute Gasteiger partial charge is 0.323 e. The van der Waals surface area contributed by atoms with Crippen molar-refractivity contribution in [3.05, 3.63) is 29.8 Å². The summed E-state index contributed by atoms with van der Waals surface area (Å²) in [5, 5.41) is 3.14. The van der Waals surface area contributed by atoms with Crippen molar-refractivity contribution >= 4 is 21.9 Å². The van der Waals surface area contributed by atoms with Gasteiger partial charge < -0.3 is 5.32 Å². The van der Waals surface area contributed by atoms with Crippen LogP contribution in [0.15, 0.2) is 33.6 Å². The van der Waals surface area contributed by atoms with E-state index in [-0.39, 0.29) is 17.0 Å². The Labute approximate surface area is 167 Å². The highest BCUT2D eigenvalue weighted by Crippen LogP contribution is 2.38. The summed E-state index contributed by atoms with van der Waals surface area (Å²) in [6, 6.07) is 6.61. The van der Waals surface area contributed by atoms with Crippen LogP contribution in [0.2, 0.25) is 0 Å². The highest BCUT2D eigenvalue weighted by atomic mass is 32.2. The van der Waals surface area contributed by atoms with E-state index in [4.69, 9.17) is 0 Å². The van der Waals surface area contributed by atoms with E-state index in [1.807, 2.05) is 6.92 Å². The van der Waals surface area contributed by atoms with E-state index in [0.717, 1.165) is 63.4 Å². The molecule has 28 heavy (non-hydrogen) atoms. The second kappa shape index (κ2) is 7.50. The van der Waals surface area contributed by atoms with Gasteiger partial charge in [-0.25, -0.2) is 4.79 Å². The maximum Gasteiger partial charge on any atom is 0.323 e. The molecule has 7 heteroatoms. The van der Waals surface area contributed by atoms with Crippen LogP contribution in [-0.4, -0.2) is 36.8 Å². The maximum absolute atomic E-state index is 13.1. The number of hydrogen-bond acceptors (Lipinski definition) is 3. The first-order valence-corrected chi connectivity index (χ1v) is 11.9. The minimum Gasteiger partial charge on any atom is -0.325 e. The molecule has 0 atom stereocenters. The Morgan fingerprint density at radius 1 is 1.00 bits per heavy atom. The van der Waals surface area contributed by atoms with Crippen molar-refractivity contribution in [2.75, 3.05) is 0 Å². The Hall–Kier alpha value is -1.89. The molecule has 1 aromatic carbocycles. The highest BCUT2D eigenvalue weighted by molar-refractivity contribution is 7.90. The molecule has 0 aromatic heterocycles. The van der Waals surface area contributed by atoms with Gasteiger partial charge >= 0.3 is 6.03 Å². The van der Waals surface area contributed by atoms with Gasteiger partial charge in [-0.1, -0.05) is 56.2 Å². The predicted molar refractivity (Wildman–Crippen MR) is 109 cm³/mol. The third-order valence-electron chi connectivity index (χ3n) is 6.39. The molecular formula is C21H29N3O3S. The molecule has 4 rings (SSSR count). The van der Waals surface area contributed by atoms with Crippen molar-refractivity contribution in [1.82, 2.24) is 10.2 Å². The number of sulfonamides is 1. The van der Waals surface area contributed by atoms with Gasteiger partial charge in [0.25, 0.3) is 10.0 Å². The number of carbonyl (C=O) groups excluding carboxylic acids is 1. The molecule has 1 heterocycles. The monoisotopic (exact) mass is 403 g/mol. The summed E-state index contributed by atoms with van der Waals surface area (Å²) in [6.07, 6.45) is 9.70. The normalized spacial score (nSPS) is 24.7. The van der Waals surface area contributed by atoms with Crippen molar-refractivity contribution in [2.24, 2.45) is 4.40 Å². The molecule has 152 valence electrons. The number of carbonyl (C=O) groups is 1. The molecule has 0 unspecified atom stereocenters. The first-order valence-electron chi connectivity index (χ1n) is 10.4. The average Bonchev–Trinajstić information content (AvgIpc) is 2.93. The van der Waals surface area contributed by atoms with Crippen molar-refractivity contribution in [2.45, 2.75) is 87.6 Å². The number of benzene rings is 1. The van der Waals surface area contributed by atoms with E-state index in [2.05, 4.69) is 9.71 Å². The van der Waals surface area contributed by atoms with Gasteiger partial charge in [0.15, 0.2) is 5.84 Å². The molecule has 1 spiro atoms. The zero-order chi connectivity index (χ0) is 19.8. The number of nitrogens with zero attached hydrogens (tertiary/aromatic N) is 2. The zero-order valence-electron chi connectivity index (χ0n) is 16.5. The van der Waals surface area contributed by atoms with E-state index in [1.165, 1.54) is 6.42 Å². The molecule has 2 amide bonds. The Morgan fingerprint density at radius 3 is 2.25 bits per heavy atom. The van der Waals surface area contributed by atoms with Gasteiger partial charge in [0, 0.05) is 6.04 Å². The van der Waals surface area contributed by atoms with Gasteiger partial charge in [0.05, 0.1) is 4.90 Å². The van der Waals surface area contributed by atoms with Gasteiger partial charge in [0.1, 0.15) is 5.54 Å². The minimum atomic E-state index is -3.88. The molecule has 3 fully saturated rings. The lowest BCUT2D eigenvalue weighted by atomic mass is 9.81. The summed E-state index contributed by atoms with van der Waals surface area (Å²) < 4.78 is 30.5. The van der Waals surface area contributed by atoms with Gasteiger partial charge in [0.2, 0.25) is 0 Å². The third kappa shape index (κ3) is 3.56. The molecule has 1 saturated heterocycles. The van der Waals surface area contributed by atoms with Crippen LogP contribution in [0.3, 0.4) is 0 Å². The maximum atomic E-state index is 13.1. The minimum absolute atomic E-state index is 0.0435. The lowest BCUT2D eigenvalue weighted by molar-refractivity contribution is 0.203. The number of aryl methyl sites for hydroxylation is 1. The largest absolute Gasteiger partial charge is 0.325 e. The summed E-state index contributed by atoms with van der Waals surface area (Å²) in [6.45, 7) is 1.92. The Bertz CT molecular complexity index is 865. The van der Waals surface area contributed by atoms with Crippen molar-refractivity contribution in [3.8, 4) is 0 Å². The zero-order valence-corrected chi connectivity index (χ0v) is 17.3. The standard InChI is InChI=1S/C21H29N3O3S/c1-16-10-12-18(13-11-16)28(26,27)23-19-21(14-6-3-7-15-21)22-20(25)24(19)17-8-4-2-5-9-17/h10-13,17H,2-9,14-15H2,1H3,(H,22,25)/b23-19-. The topological polar surface area (TPSA) is 78.8 Å². The molecule has 2 saturated carbocycles. The quantitative estimate of drug-likeness (QED) is 0.824. The molecule has 1 N–H and O–H groups in total. The van der Waals surface area contributed by atoms with Gasteiger partial charge in [-0.2, -0.15) is 8.42 Å². The van der Waals surface area contributed by atoms with E-state index >= 15 is 0 Å². The lowest BCUT2D eigenvalue weighted by Gasteiger charge is -2.35. The summed E-state index contributed by atoms with van der Waals surface area (Å²) in [5.74, 6) is 0.435. The number of nitrogens with one attached hydrogen (secondary N) is 1. The fourth-order valence-electron chi connectivity index (χ4n) is 4.84. The summed E-state index contributed by atoms with van der Waals surface area (Å²) in [4.78, 5) is 14.8. The van der Waals surface area contributed by atoms with Crippen molar-refractivity contribution in [1.29, 1.82) is 0 Å². The van der Waals surface area contributed by atoms with Crippen LogP contribution in [0.4, 0.5) is 4.79 Å². The number of amidine groups is 1. The molecule has 2 aliphatic carbocycles. The highest BCUT2D eigenvalue weighted by Gasteiger charge is 2.52. The molecule has 1 aromatic rings. The van der Waals surface area contributed by atoms with Crippen LogP contribution in [-0.2, 0) is 10.0 Å². The second-order valence-corrected chi connectivity index (χ2v) is 10.0. The van der Waals surface area contributed by atoms with E-state index in [1.54, 1.807) is 29.2 Å². The van der Waals surface area contributed by atoms with Gasteiger partial charge in [-0.15, -0.1) is 4.40 Å². The van der Waals surface area contributed by atoms with Crippen molar-refractivity contribution < 1.29 is 13.2 Å². The first-order chi connectivity index (χ1) is 13.4. The number of hydrogen-bond donors (Lipinski definition) is 1. The molecular weight excluding hydrogens is 374 g/mol. The molecule has 3 aliphatic rings. The third-order valence-corrected chi connectivity index (χ3v) is 7.67. The van der Waals surface area contributed by atoms with E-state index < -0.39 is 15.6 Å². The van der Waals surface area contributed by atoms with Crippen LogP contribution in [0.25, 0.3) is 0 Å². The molecule has 6 nitrogen and oxygen atoms in total. The van der Waals surface area contributed by atoms with Gasteiger partial charge in [-0.3, -0.25) is 4.90 Å². The van der Waals surface area contributed by atoms with E-state index in [0.29, 0.717) is 5.84 Å². The molecule has 0 radical (unpaired) electrons. The number of amides is 2.